The molecule has 1 aromatic carbocycles. The van der Waals surface area contributed by atoms with Gasteiger partial charge in [-0.2, -0.15) is 0 Å². The summed E-state index contributed by atoms with van der Waals surface area (Å²) < 4.78 is 10.9. The van der Waals surface area contributed by atoms with Crippen molar-refractivity contribution in [1.29, 1.82) is 0 Å². The number of carbonyl (C=O) groups excluding carboxylic acids is 1. The quantitative estimate of drug-likeness (QED) is 0.699. The van der Waals surface area contributed by atoms with Gasteiger partial charge in [0, 0.05) is 12.6 Å². The fourth-order valence-corrected chi connectivity index (χ4v) is 3.53. The molecule has 0 bridgehead atoms. The lowest BCUT2D eigenvalue weighted by Crippen LogP contribution is -2.52. The molecule has 1 N–H and O–H groups in total. The summed E-state index contributed by atoms with van der Waals surface area (Å²) in [6.07, 6.45) is 3.40. The van der Waals surface area contributed by atoms with Crippen molar-refractivity contribution >= 4 is 29.2 Å². The van der Waals surface area contributed by atoms with E-state index < -0.39 is 0 Å². The molecule has 146 valence electrons. The lowest BCUT2D eigenvalue weighted by molar-refractivity contribution is 0.0697. The molecule has 1 heterocycles. The Morgan fingerprint density at radius 3 is 2.73 bits per heavy atom. The van der Waals surface area contributed by atoms with E-state index in [9.17, 15) is 4.79 Å². The van der Waals surface area contributed by atoms with Crippen LogP contribution in [0.3, 0.4) is 0 Å². The molecular formula is C18H27Cl2N3O3. The van der Waals surface area contributed by atoms with Gasteiger partial charge in [0.15, 0.2) is 23.6 Å². The second-order valence-corrected chi connectivity index (χ2v) is 6.86. The van der Waals surface area contributed by atoms with Crippen LogP contribution in [-0.2, 0) is 0 Å². The van der Waals surface area contributed by atoms with E-state index in [4.69, 9.17) is 32.7 Å². The molecule has 1 fully saturated rings. The first-order valence-corrected chi connectivity index (χ1v) is 9.80. The predicted octanol–water partition coefficient (Wildman–Crippen LogP) is 3.98. The molecule has 2 amide bonds. The number of hydrogen-bond donors (Lipinski definition) is 1. The van der Waals surface area contributed by atoms with Gasteiger partial charge in [-0.05, 0) is 45.8 Å². The number of hydrogen-bond acceptors (Lipinski definition) is 4. The monoisotopic (exact) mass is 403 g/mol. The third kappa shape index (κ3) is 5.09. The van der Waals surface area contributed by atoms with Gasteiger partial charge >= 0.3 is 6.03 Å². The Balaban J connectivity index is 2.12. The van der Waals surface area contributed by atoms with Crippen LogP contribution in [-0.4, -0.2) is 54.8 Å². The van der Waals surface area contributed by atoms with Crippen LogP contribution >= 0.6 is 23.2 Å². The van der Waals surface area contributed by atoms with E-state index in [2.05, 4.69) is 17.3 Å². The minimum atomic E-state index is -0.282. The van der Waals surface area contributed by atoms with E-state index in [1.807, 2.05) is 26.1 Å². The lowest BCUT2D eigenvalue weighted by atomic mass is 10.1. The number of urea groups is 1. The number of likely N-dealkylation sites (tertiary alicyclic amines) is 1. The largest absolute Gasteiger partial charge is 0.474 e. The SMILES string of the molecule is CC(NC(=O)N(C)[C@H]1CCCCN1C)c1cccc(OCCl)c1OCCl. The third-order valence-corrected chi connectivity index (χ3v) is 4.94. The molecule has 2 atom stereocenters. The van der Waals surface area contributed by atoms with Gasteiger partial charge < -0.3 is 19.7 Å². The zero-order valence-corrected chi connectivity index (χ0v) is 17.0. The Morgan fingerprint density at radius 2 is 2.08 bits per heavy atom. The van der Waals surface area contributed by atoms with Gasteiger partial charge in [0.05, 0.1) is 12.2 Å². The van der Waals surface area contributed by atoms with E-state index in [0.717, 1.165) is 24.9 Å². The van der Waals surface area contributed by atoms with Crippen LogP contribution in [0.15, 0.2) is 18.2 Å². The molecule has 0 spiro atoms. The van der Waals surface area contributed by atoms with Gasteiger partial charge in [-0.3, -0.25) is 4.90 Å². The van der Waals surface area contributed by atoms with Crippen LogP contribution in [0, 0.1) is 0 Å². The first-order valence-electron chi connectivity index (χ1n) is 8.73. The first kappa shape index (κ1) is 20.9. The van der Waals surface area contributed by atoms with E-state index in [1.165, 1.54) is 6.42 Å². The molecule has 1 aromatic rings. The summed E-state index contributed by atoms with van der Waals surface area (Å²) in [7, 11) is 3.88. The summed E-state index contributed by atoms with van der Waals surface area (Å²) in [4.78, 5) is 16.7. The number of nitrogens with zero attached hydrogens (tertiary/aromatic N) is 2. The molecule has 1 unspecified atom stereocenters. The molecule has 1 aliphatic heterocycles. The highest BCUT2D eigenvalue weighted by Crippen LogP contribution is 2.35. The van der Waals surface area contributed by atoms with Crippen LogP contribution in [0.4, 0.5) is 4.79 Å². The number of amides is 2. The zero-order chi connectivity index (χ0) is 19.1. The number of piperidine rings is 1. The number of alkyl halides is 2. The Labute approximate surface area is 165 Å². The minimum absolute atomic E-state index is 0.000405. The van der Waals surface area contributed by atoms with Crippen LogP contribution < -0.4 is 14.8 Å². The molecule has 0 aromatic heterocycles. The number of benzene rings is 1. The maximum atomic E-state index is 12.7. The van der Waals surface area contributed by atoms with Crippen molar-refractivity contribution in [3.63, 3.8) is 0 Å². The molecule has 26 heavy (non-hydrogen) atoms. The summed E-state index contributed by atoms with van der Waals surface area (Å²) in [5, 5.41) is 3.03. The van der Waals surface area contributed by atoms with Crippen molar-refractivity contribution in [2.45, 2.75) is 38.4 Å². The lowest BCUT2D eigenvalue weighted by Gasteiger charge is -2.39. The molecule has 2 rings (SSSR count). The van der Waals surface area contributed by atoms with Gasteiger partial charge in [0.1, 0.15) is 0 Å². The zero-order valence-electron chi connectivity index (χ0n) is 15.5. The Hall–Kier alpha value is -1.37. The van der Waals surface area contributed by atoms with Gasteiger partial charge in [0.2, 0.25) is 0 Å². The third-order valence-electron chi connectivity index (χ3n) is 4.72. The molecule has 0 saturated carbocycles. The number of nitrogens with one attached hydrogen (secondary N) is 1. The maximum absolute atomic E-state index is 12.7. The molecule has 0 radical (unpaired) electrons. The van der Waals surface area contributed by atoms with Crippen LogP contribution in [0.1, 0.15) is 37.8 Å². The highest BCUT2D eigenvalue weighted by atomic mass is 35.5. The summed E-state index contributed by atoms with van der Waals surface area (Å²) in [6, 6.07) is 5.03. The summed E-state index contributed by atoms with van der Waals surface area (Å²) in [5.41, 5.74) is 0.784. The standard InChI is InChI=1S/C18H27Cl2N3O3/c1-13(14-7-6-8-15(25-11-19)17(14)26-12-20)21-18(24)23(3)16-9-4-5-10-22(16)2/h6-8,13,16H,4-5,9-12H2,1-3H3,(H,21,24)/t13?,16-/m0/s1. The van der Waals surface area contributed by atoms with Crippen LogP contribution in [0.2, 0.25) is 0 Å². The highest BCUT2D eigenvalue weighted by molar-refractivity contribution is 6.17. The molecule has 1 saturated heterocycles. The van der Waals surface area contributed by atoms with Crippen molar-refractivity contribution in [2.24, 2.45) is 0 Å². The highest BCUT2D eigenvalue weighted by Gasteiger charge is 2.27. The van der Waals surface area contributed by atoms with E-state index in [-0.39, 0.29) is 30.4 Å². The summed E-state index contributed by atoms with van der Waals surface area (Å²) in [5.74, 6) is 0.994. The molecule has 1 aliphatic rings. The minimum Gasteiger partial charge on any atom is -0.474 e. The molecule has 6 nitrogen and oxygen atoms in total. The first-order chi connectivity index (χ1) is 12.5. The molecule has 8 heteroatoms. The second kappa shape index (κ2) is 10.1. The average Bonchev–Trinajstić information content (AvgIpc) is 2.63. The normalized spacial score (nSPS) is 18.9. The summed E-state index contributed by atoms with van der Waals surface area (Å²) in [6.45, 7) is 2.90. The Kier molecular flexibility index (Phi) is 8.13. The number of halogens is 2. The number of para-hydroxylation sites is 1. The van der Waals surface area contributed by atoms with E-state index in [0.29, 0.717) is 11.5 Å². The number of rotatable bonds is 7. The van der Waals surface area contributed by atoms with Crippen LogP contribution in [0.25, 0.3) is 0 Å². The van der Waals surface area contributed by atoms with Crippen molar-refractivity contribution < 1.29 is 14.3 Å². The molecular weight excluding hydrogens is 377 g/mol. The average molecular weight is 404 g/mol. The Morgan fingerprint density at radius 1 is 1.35 bits per heavy atom. The van der Waals surface area contributed by atoms with Crippen molar-refractivity contribution in [3.05, 3.63) is 23.8 Å². The number of ether oxygens (including phenoxy) is 2. The van der Waals surface area contributed by atoms with Crippen molar-refractivity contribution in [1.82, 2.24) is 15.1 Å². The molecule has 0 aliphatic carbocycles. The summed E-state index contributed by atoms with van der Waals surface area (Å²) >= 11 is 11.4. The van der Waals surface area contributed by atoms with Gasteiger partial charge in [-0.15, -0.1) is 0 Å². The predicted molar refractivity (Wildman–Crippen MR) is 104 cm³/mol. The van der Waals surface area contributed by atoms with Crippen molar-refractivity contribution in [3.8, 4) is 11.5 Å². The smallest absolute Gasteiger partial charge is 0.318 e. The fraction of sp³-hybridized carbons (Fsp3) is 0.611. The van der Waals surface area contributed by atoms with Gasteiger partial charge in [-0.25, -0.2) is 4.79 Å². The Bertz CT molecular complexity index is 603. The maximum Gasteiger partial charge on any atom is 0.318 e. The van der Waals surface area contributed by atoms with Crippen molar-refractivity contribution in [2.75, 3.05) is 32.8 Å². The second-order valence-electron chi connectivity index (χ2n) is 6.42. The van der Waals surface area contributed by atoms with Crippen LogP contribution in [0.5, 0.6) is 11.5 Å². The number of carbonyl (C=O) groups is 1. The topological polar surface area (TPSA) is 54.0 Å². The van der Waals surface area contributed by atoms with Gasteiger partial charge in [0.25, 0.3) is 0 Å². The van der Waals surface area contributed by atoms with E-state index in [1.54, 1.807) is 11.0 Å². The fourth-order valence-electron chi connectivity index (χ4n) is 3.30. The van der Waals surface area contributed by atoms with E-state index >= 15 is 0 Å². The van der Waals surface area contributed by atoms with Gasteiger partial charge in [-0.1, -0.05) is 35.3 Å².